The minimum absolute atomic E-state index is 0.0449. The Kier molecular flexibility index (Phi) is 5.57. The van der Waals surface area contributed by atoms with Crippen LogP contribution in [0.5, 0.6) is 0 Å². The lowest BCUT2D eigenvalue weighted by atomic mass is 10.0. The lowest BCUT2D eigenvalue weighted by Crippen LogP contribution is -2.02. The van der Waals surface area contributed by atoms with E-state index in [2.05, 4.69) is 10.6 Å². The molecule has 0 amide bonds. The standard InChI is InChI=1S/C25H18ClN3O2/c1-17-23(14-20(15-27)18-8-6-9-21(13-18)29(30)31)22-10-3-5-12-25(22)28(17)16-19-7-2-4-11-24(19)26/h2-14H,16H2,1H3/b20-14-. The second-order valence-electron chi connectivity index (χ2n) is 7.17. The van der Waals surface area contributed by atoms with Crippen molar-refractivity contribution in [3.05, 3.63) is 110 Å². The number of allylic oxidation sites excluding steroid dienone is 1. The van der Waals surface area contributed by atoms with E-state index in [4.69, 9.17) is 11.6 Å². The molecule has 31 heavy (non-hydrogen) atoms. The van der Waals surface area contributed by atoms with Gasteiger partial charge in [-0.2, -0.15) is 5.26 Å². The molecule has 0 unspecified atom stereocenters. The van der Waals surface area contributed by atoms with Crippen LogP contribution in [0.4, 0.5) is 5.69 Å². The third kappa shape index (κ3) is 3.94. The molecular formula is C25H18ClN3O2. The monoisotopic (exact) mass is 427 g/mol. The highest BCUT2D eigenvalue weighted by molar-refractivity contribution is 6.31. The number of halogens is 1. The van der Waals surface area contributed by atoms with E-state index >= 15 is 0 Å². The molecule has 1 heterocycles. The van der Waals surface area contributed by atoms with Crippen LogP contribution in [-0.2, 0) is 6.54 Å². The van der Waals surface area contributed by atoms with Gasteiger partial charge in [-0.3, -0.25) is 10.1 Å². The van der Waals surface area contributed by atoms with Gasteiger partial charge in [-0.15, -0.1) is 0 Å². The summed E-state index contributed by atoms with van der Waals surface area (Å²) in [7, 11) is 0. The van der Waals surface area contributed by atoms with Crippen LogP contribution in [-0.4, -0.2) is 9.49 Å². The predicted molar refractivity (Wildman–Crippen MR) is 124 cm³/mol. The molecule has 0 spiro atoms. The Labute approximate surface area is 184 Å². The summed E-state index contributed by atoms with van der Waals surface area (Å²) in [6.45, 7) is 2.60. The second-order valence-corrected chi connectivity index (χ2v) is 7.58. The minimum Gasteiger partial charge on any atom is -0.340 e. The van der Waals surface area contributed by atoms with Gasteiger partial charge in [0.05, 0.1) is 16.6 Å². The van der Waals surface area contributed by atoms with Crippen molar-refractivity contribution < 1.29 is 4.92 Å². The molecule has 0 radical (unpaired) electrons. The van der Waals surface area contributed by atoms with Crippen LogP contribution in [0.15, 0.2) is 72.8 Å². The molecule has 3 aromatic carbocycles. The molecule has 0 fully saturated rings. The average Bonchev–Trinajstić information content (AvgIpc) is 3.04. The van der Waals surface area contributed by atoms with E-state index in [0.29, 0.717) is 22.7 Å². The van der Waals surface area contributed by atoms with Gasteiger partial charge in [-0.25, -0.2) is 0 Å². The van der Waals surface area contributed by atoms with E-state index in [-0.39, 0.29) is 5.69 Å². The molecule has 0 saturated heterocycles. The molecule has 1 aromatic heterocycles. The summed E-state index contributed by atoms with van der Waals surface area (Å²) in [6, 6.07) is 24.0. The van der Waals surface area contributed by atoms with Crippen molar-refractivity contribution in [1.29, 1.82) is 5.26 Å². The van der Waals surface area contributed by atoms with Crippen LogP contribution < -0.4 is 0 Å². The van der Waals surface area contributed by atoms with E-state index < -0.39 is 4.92 Å². The Bertz CT molecular complexity index is 1380. The van der Waals surface area contributed by atoms with E-state index in [0.717, 1.165) is 27.7 Å². The summed E-state index contributed by atoms with van der Waals surface area (Å²) < 4.78 is 2.17. The number of hydrogen-bond donors (Lipinski definition) is 0. The highest BCUT2D eigenvalue weighted by Crippen LogP contribution is 2.31. The maximum absolute atomic E-state index is 11.1. The predicted octanol–water partition coefficient (Wildman–Crippen LogP) is 6.62. The number of nitro groups is 1. The van der Waals surface area contributed by atoms with Crippen LogP contribution in [0.1, 0.15) is 22.4 Å². The first-order valence-corrected chi connectivity index (χ1v) is 10.0. The van der Waals surface area contributed by atoms with Crippen molar-refractivity contribution in [1.82, 2.24) is 4.57 Å². The smallest absolute Gasteiger partial charge is 0.270 e. The Morgan fingerprint density at radius 3 is 2.61 bits per heavy atom. The molecule has 0 aliphatic rings. The zero-order valence-corrected chi connectivity index (χ0v) is 17.5. The normalized spacial score (nSPS) is 11.5. The Morgan fingerprint density at radius 2 is 1.87 bits per heavy atom. The quantitative estimate of drug-likeness (QED) is 0.204. The molecule has 0 bridgehead atoms. The van der Waals surface area contributed by atoms with Gasteiger partial charge < -0.3 is 4.57 Å². The maximum Gasteiger partial charge on any atom is 0.270 e. The summed E-state index contributed by atoms with van der Waals surface area (Å²) in [5.74, 6) is 0. The van der Waals surface area contributed by atoms with E-state index in [1.54, 1.807) is 18.2 Å². The number of fused-ring (bicyclic) bond motifs is 1. The zero-order chi connectivity index (χ0) is 22.0. The number of nitro benzene ring substituents is 1. The van der Waals surface area contributed by atoms with Crippen molar-refractivity contribution in [3.63, 3.8) is 0 Å². The lowest BCUT2D eigenvalue weighted by Gasteiger charge is -2.10. The number of benzene rings is 3. The van der Waals surface area contributed by atoms with Gasteiger partial charge in [-0.05, 0) is 36.3 Å². The van der Waals surface area contributed by atoms with Crippen LogP contribution in [0.3, 0.4) is 0 Å². The molecule has 0 N–H and O–H groups in total. The summed E-state index contributed by atoms with van der Waals surface area (Å²) in [5.41, 5.74) is 4.76. The number of nitriles is 1. The van der Waals surface area contributed by atoms with Gasteiger partial charge in [0.1, 0.15) is 0 Å². The second kappa shape index (κ2) is 8.47. The molecule has 6 heteroatoms. The van der Waals surface area contributed by atoms with Gasteiger partial charge in [0, 0.05) is 45.9 Å². The van der Waals surface area contributed by atoms with Crippen LogP contribution >= 0.6 is 11.6 Å². The molecule has 4 aromatic rings. The molecule has 0 saturated carbocycles. The van der Waals surface area contributed by atoms with Crippen LogP contribution in [0, 0.1) is 28.4 Å². The van der Waals surface area contributed by atoms with E-state index in [1.165, 1.54) is 12.1 Å². The highest BCUT2D eigenvalue weighted by Gasteiger charge is 2.15. The summed E-state index contributed by atoms with van der Waals surface area (Å²) in [5, 5.41) is 22.6. The number of non-ortho nitro benzene ring substituents is 1. The van der Waals surface area contributed by atoms with E-state index in [9.17, 15) is 15.4 Å². The molecule has 4 rings (SSSR count). The third-order valence-corrected chi connectivity index (χ3v) is 5.71. The van der Waals surface area contributed by atoms with Crippen molar-refractivity contribution in [2.75, 3.05) is 0 Å². The Hall–Kier alpha value is -3.88. The van der Waals surface area contributed by atoms with Crippen molar-refractivity contribution in [3.8, 4) is 6.07 Å². The fourth-order valence-electron chi connectivity index (χ4n) is 3.75. The topological polar surface area (TPSA) is 71.9 Å². The first kappa shape index (κ1) is 20.4. The molecule has 152 valence electrons. The molecular weight excluding hydrogens is 410 g/mol. The SMILES string of the molecule is Cc1c(/C=C(/C#N)c2cccc([N+](=O)[O-])c2)c2ccccc2n1Cc1ccccc1Cl. The number of hydrogen-bond acceptors (Lipinski definition) is 3. The average molecular weight is 428 g/mol. The molecule has 0 aliphatic carbocycles. The Morgan fingerprint density at radius 1 is 1.13 bits per heavy atom. The maximum atomic E-state index is 11.1. The van der Waals surface area contributed by atoms with Crippen LogP contribution in [0.25, 0.3) is 22.6 Å². The van der Waals surface area contributed by atoms with Crippen molar-refractivity contribution in [2.45, 2.75) is 13.5 Å². The first-order chi connectivity index (χ1) is 15.0. The zero-order valence-electron chi connectivity index (χ0n) is 16.7. The van der Waals surface area contributed by atoms with Gasteiger partial charge >= 0.3 is 0 Å². The number of aromatic nitrogens is 1. The number of nitrogens with zero attached hydrogens (tertiary/aromatic N) is 3. The van der Waals surface area contributed by atoms with Gasteiger partial charge in [0.15, 0.2) is 0 Å². The van der Waals surface area contributed by atoms with Gasteiger partial charge in [0.25, 0.3) is 5.69 Å². The van der Waals surface area contributed by atoms with Crippen molar-refractivity contribution in [2.24, 2.45) is 0 Å². The van der Waals surface area contributed by atoms with Crippen LogP contribution in [0.2, 0.25) is 5.02 Å². The summed E-state index contributed by atoms with van der Waals surface area (Å²) >= 11 is 6.39. The molecule has 0 aliphatic heterocycles. The Balaban J connectivity index is 1.87. The first-order valence-electron chi connectivity index (χ1n) is 9.67. The molecule has 5 nitrogen and oxygen atoms in total. The van der Waals surface area contributed by atoms with Crippen molar-refractivity contribution >= 4 is 39.8 Å². The third-order valence-electron chi connectivity index (χ3n) is 5.34. The lowest BCUT2D eigenvalue weighted by molar-refractivity contribution is -0.384. The highest BCUT2D eigenvalue weighted by atomic mass is 35.5. The number of para-hydroxylation sites is 1. The van der Waals surface area contributed by atoms with Gasteiger partial charge in [-0.1, -0.05) is 60.1 Å². The van der Waals surface area contributed by atoms with Gasteiger partial charge in [0.2, 0.25) is 0 Å². The van der Waals surface area contributed by atoms with E-state index in [1.807, 2.05) is 55.5 Å². The largest absolute Gasteiger partial charge is 0.340 e. The fraction of sp³-hybridized carbons (Fsp3) is 0.0800. The summed E-state index contributed by atoms with van der Waals surface area (Å²) in [4.78, 5) is 10.7. The number of rotatable bonds is 5. The molecule has 0 atom stereocenters. The minimum atomic E-state index is -0.459. The fourth-order valence-corrected chi connectivity index (χ4v) is 3.95. The summed E-state index contributed by atoms with van der Waals surface area (Å²) in [6.07, 6.45) is 1.81.